The number of carbonyl (C=O) groups excluding carboxylic acids is 1. The second-order valence-electron chi connectivity index (χ2n) is 4.67. The van der Waals surface area contributed by atoms with Crippen LogP contribution >= 0.6 is 27.5 Å². The molecule has 0 fully saturated rings. The number of hydrogen-bond donors (Lipinski definition) is 0. The Morgan fingerprint density at radius 1 is 1.29 bits per heavy atom. The van der Waals surface area contributed by atoms with Crippen LogP contribution < -0.4 is 0 Å². The SMILES string of the molecule is CN(CCCCCCl)C(=O)c1cc(C(F)(F)F)ccc1Br. The minimum absolute atomic E-state index is 0.0182. The summed E-state index contributed by atoms with van der Waals surface area (Å²) in [5.74, 6) is 0.135. The van der Waals surface area contributed by atoms with Crippen LogP contribution in [0.15, 0.2) is 22.7 Å². The standard InChI is InChI=1S/C14H16BrClF3NO/c1-20(8-4-2-3-7-16)13(21)11-9-10(14(17,18)19)5-6-12(11)15/h5-6,9H,2-4,7-8H2,1H3. The van der Waals surface area contributed by atoms with Crippen molar-refractivity contribution in [3.63, 3.8) is 0 Å². The third-order valence-electron chi connectivity index (χ3n) is 3.00. The minimum Gasteiger partial charge on any atom is -0.342 e. The Labute approximate surface area is 135 Å². The largest absolute Gasteiger partial charge is 0.416 e. The number of hydrogen-bond acceptors (Lipinski definition) is 1. The van der Waals surface area contributed by atoms with Crippen molar-refractivity contribution < 1.29 is 18.0 Å². The predicted octanol–water partition coefficient (Wildman–Crippen LogP) is 4.95. The second-order valence-corrected chi connectivity index (χ2v) is 5.90. The fraction of sp³-hybridized carbons (Fsp3) is 0.500. The van der Waals surface area contributed by atoms with Gasteiger partial charge in [0.25, 0.3) is 5.91 Å². The zero-order valence-electron chi connectivity index (χ0n) is 11.5. The van der Waals surface area contributed by atoms with Crippen LogP contribution in [-0.4, -0.2) is 30.3 Å². The zero-order valence-corrected chi connectivity index (χ0v) is 13.9. The lowest BCUT2D eigenvalue weighted by atomic mass is 10.1. The molecule has 0 unspecified atom stereocenters. The number of halogens is 5. The monoisotopic (exact) mass is 385 g/mol. The number of carbonyl (C=O) groups is 1. The molecule has 0 saturated carbocycles. The van der Waals surface area contributed by atoms with Crippen molar-refractivity contribution in [1.29, 1.82) is 0 Å². The molecule has 0 saturated heterocycles. The van der Waals surface area contributed by atoms with E-state index in [0.29, 0.717) is 16.9 Å². The van der Waals surface area contributed by atoms with E-state index in [1.165, 1.54) is 11.0 Å². The highest BCUT2D eigenvalue weighted by Crippen LogP contribution is 2.32. The van der Waals surface area contributed by atoms with Gasteiger partial charge < -0.3 is 4.90 Å². The Hall–Kier alpha value is -0.750. The Balaban J connectivity index is 2.81. The highest BCUT2D eigenvalue weighted by molar-refractivity contribution is 9.10. The number of alkyl halides is 4. The van der Waals surface area contributed by atoms with Gasteiger partial charge >= 0.3 is 6.18 Å². The maximum atomic E-state index is 12.7. The van der Waals surface area contributed by atoms with Crippen molar-refractivity contribution >= 4 is 33.4 Å². The Morgan fingerprint density at radius 3 is 2.52 bits per heavy atom. The molecule has 0 bridgehead atoms. The summed E-state index contributed by atoms with van der Waals surface area (Å²) < 4.78 is 38.5. The van der Waals surface area contributed by atoms with Gasteiger partial charge in [-0.05, 0) is 47.0 Å². The van der Waals surface area contributed by atoms with Gasteiger partial charge in [-0.3, -0.25) is 4.79 Å². The lowest BCUT2D eigenvalue weighted by molar-refractivity contribution is -0.137. The molecule has 1 amide bonds. The fourth-order valence-electron chi connectivity index (χ4n) is 1.79. The van der Waals surface area contributed by atoms with Gasteiger partial charge in [0, 0.05) is 23.9 Å². The van der Waals surface area contributed by atoms with Gasteiger partial charge in [0.2, 0.25) is 0 Å². The molecular formula is C14H16BrClF3NO. The molecule has 2 nitrogen and oxygen atoms in total. The Bertz CT molecular complexity index is 494. The third kappa shape index (κ3) is 5.51. The Kier molecular flexibility index (Phi) is 7.00. The van der Waals surface area contributed by atoms with Crippen molar-refractivity contribution in [2.75, 3.05) is 19.5 Å². The quantitative estimate of drug-likeness (QED) is 0.500. The number of amides is 1. The van der Waals surface area contributed by atoms with Crippen molar-refractivity contribution in [1.82, 2.24) is 4.90 Å². The first-order chi connectivity index (χ1) is 9.77. The first kappa shape index (κ1) is 18.3. The summed E-state index contributed by atoms with van der Waals surface area (Å²) in [6, 6.07) is 3.07. The number of rotatable bonds is 6. The molecule has 0 aliphatic carbocycles. The first-order valence-corrected chi connectivity index (χ1v) is 7.78. The number of nitrogens with zero attached hydrogens (tertiary/aromatic N) is 1. The average Bonchev–Trinajstić information content (AvgIpc) is 2.42. The summed E-state index contributed by atoms with van der Waals surface area (Å²) in [5.41, 5.74) is -0.811. The smallest absolute Gasteiger partial charge is 0.342 e. The van der Waals surface area contributed by atoms with Crippen LogP contribution in [0.3, 0.4) is 0 Å². The molecule has 0 atom stereocenters. The van der Waals surface area contributed by atoms with Crippen LogP contribution in [0.25, 0.3) is 0 Å². The molecule has 1 aromatic rings. The minimum atomic E-state index is -4.46. The molecule has 0 aliphatic rings. The van der Waals surface area contributed by atoms with Crippen LogP contribution in [0.2, 0.25) is 0 Å². The molecule has 0 radical (unpaired) electrons. The van der Waals surface area contributed by atoms with Crippen LogP contribution in [0.1, 0.15) is 35.2 Å². The maximum Gasteiger partial charge on any atom is 0.416 e. The fourth-order valence-corrected chi connectivity index (χ4v) is 2.40. The molecule has 1 aromatic carbocycles. The van der Waals surface area contributed by atoms with Crippen LogP contribution in [0, 0.1) is 0 Å². The normalized spacial score (nSPS) is 11.5. The van der Waals surface area contributed by atoms with Crippen molar-refractivity contribution in [2.24, 2.45) is 0 Å². The molecule has 0 heterocycles. The number of benzene rings is 1. The van der Waals surface area contributed by atoms with E-state index in [1.54, 1.807) is 7.05 Å². The number of unbranched alkanes of at least 4 members (excludes halogenated alkanes) is 2. The van der Waals surface area contributed by atoms with E-state index in [2.05, 4.69) is 15.9 Å². The average molecular weight is 387 g/mol. The van der Waals surface area contributed by atoms with Crippen molar-refractivity contribution in [3.8, 4) is 0 Å². The van der Waals surface area contributed by atoms with Crippen LogP contribution in [-0.2, 0) is 6.18 Å². The summed E-state index contributed by atoms with van der Waals surface area (Å²) in [5, 5.41) is 0. The van der Waals surface area contributed by atoms with E-state index in [0.717, 1.165) is 31.4 Å². The summed E-state index contributed by atoms with van der Waals surface area (Å²) >= 11 is 8.69. The van der Waals surface area contributed by atoms with E-state index < -0.39 is 17.6 Å². The van der Waals surface area contributed by atoms with Gasteiger partial charge in [-0.2, -0.15) is 13.2 Å². The van der Waals surface area contributed by atoms with Gasteiger partial charge in [-0.25, -0.2) is 0 Å². The maximum absolute atomic E-state index is 12.7. The van der Waals surface area contributed by atoms with Gasteiger partial charge in [-0.1, -0.05) is 6.42 Å². The van der Waals surface area contributed by atoms with Gasteiger partial charge in [0.15, 0.2) is 0 Å². The molecular weight excluding hydrogens is 371 g/mol. The predicted molar refractivity (Wildman–Crippen MR) is 80.7 cm³/mol. The first-order valence-electron chi connectivity index (χ1n) is 6.45. The van der Waals surface area contributed by atoms with Crippen molar-refractivity contribution in [3.05, 3.63) is 33.8 Å². The summed E-state index contributed by atoms with van der Waals surface area (Å²) in [4.78, 5) is 13.6. The van der Waals surface area contributed by atoms with Gasteiger partial charge in [0.1, 0.15) is 0 Å². The Morgan fingerprint density at radius 2 is 1.95 bits per heavy atom. The third-order valence-corrected chi connectivity index (χ3v) is 3.96. The highest BCUT2D eigenvalue weighted by Gasteiger charge is 2.31. The van der Waals surface area contributed by atoms with Gasteiger partial charge in [-0.15, -0.1) is 11.6 Å². The van der Waals surface area contributed by atoms with Crippen molar-refractivity contribution in [2.45, 2.75) is 25.4 Å². The molecule has 1 rings (SSSR count). The lowest BCUT2D eigenvalue weighted by Crippen LogP contribution is -2.28. The zero-order chi connectivity index (χ0) is 16.0. The lowest BCUT2D eigenvalue weighted by Gasteiger charge is -2.19. The van der Waals surface area contributed by atoms with E-state index >= 15 is 0 Å². The molecule has 0 aliphatic heterocycles. The summed E-state index contributed by atoms with van der Waals surface area (Å²) in [6.45, 7) is 0.485. The molecule has 0 spiro atoms. The summed E-state index contributed by atoms with van der Waals surface area (Å²) in [6.07, 6.45) is -1.96. The topological polar surface area (TPSA) is 20.3 Å². The van der Waals surface area contributed by atoms with Crippen LogP contribution in [0.5, 0.6) is 0 Å². The molecule has 21 heavy (non-hydrogen) atoms. The molecule has 7 heteroatoms. The van der Waals surface area contributed by atoms with Gasteiger partial charge in [0.05, 0.1) is 11.1 Å². The summed E-state index contributed by atoms with van der Waals surface area (Å²) in [7, 11) is 1.58. The molecule has 0 aromatic heterocycles. The van der Waals surface area contributed by atoms with E-state index in [-0.39, 0.29) is 5.56 Å². The molecule has 118 valence electrons. The van der Waals surface area contributed by atoms with E-state index in [4.69, 9.17) is 11.6 Å². The van der Waals surface area contributed by atoms with E-state index in [1.807, 2.05) is 0 Å². The van der Waals surface area contributed by atoms with E-state index in [9.17, 15) is 18.0 Å². The second kappa shape index (κ2) is 8.03. The molecule has 0 N–H and O–H groups in total. The van der Waals surface area contributed by atoms with Crippen LogP contribution in [0.4, 0.5) is 13.2 Å². The highest BCUT2D eigenvalue weighted by atomic mass is 79.9.